The molecule has 1 aromatic heterocycles. The van der Waals surface area contributed by atoms with Crippen molar-refractivity contribution in [3.05, 3.63) is 23.9 Å². The number of amides is 1. The zero-order valence-electron chi connectivity index (χ0n) is 25.2. The first-order valence-corrected chi connectivity index (χ1v) is 16.1. The number of carbonyl (C=O) groups excluding carboxylic acids is 2. The summed E-state index contributed by atoms with van der Waals surface area (Å²) in [6, 6.07) is 4.51. The van der Waals surface area contributed by atoms with Gasteiger partial charge in [-0.05, 0) is 68.9 Å². The fraction of sp³-hybridized carbons (Fsp3) is 0.667. The fourth-order valence-corrected chi connectivity index (χ4v) is 7.58. The maximum Gasteiger partial charge on any atom is 0.326 e. The summed E-state index contributed by atoms with van der Waals surface area (Å²) in [4.78, 5) is 51.3. The standard InChI is InChI=1S/C33H43N3O7/c1-3-22-28-18-36(30(22)33(39)40)32(38)23(19-9-7-8-10-19)17-29(37)42-27-15-20(27)11-5-4-6-12-25-31(43-28)35-26-16-21(41-2)13-14-24(26)34-25/h13-14,16,19-20,22-23,27-28,30H,3-12,15,17-18H2,1-2H3,(H,39,40)/t20-,22-,23+,27-,28+,30+/m1/s1. The summed E-state index contributed by atoms with van der Waals surface area (Å²) < 4.78 is 17.8. The predicted octanol–water partition coefficient (Wildman–Crippen LogP) is 4.95. The fourth-order valence-electron chi connectivity index (χ4n) is 7.58. The number of nitrogens with zero attached hydrogens (tertiary/aromatic N) is 3. The first-order valence-electron chi connectivity index (χ1n) is 16.1. The van der Waals surface area contributed by atoms with Gasteiger partial charge in [0, 0.05) is 12.0 Å². The van der Waals surface area contributed by atoms with Crippen LogP contribution in [0, 0.1) is 23.7 Å². The van der Waals surface area contributed by atoms with Crippen LogP contribution in [0.3, 0.4) is 0 Å². The smallest absolute Gasteiger partial charge is 0.326 e. The molecule has 10 heteroatoms. The molecule has 6 rings (SSSR count). The first kappa shape index (κ1) is 29.6. The van der Waals surface area contributed by atoms with E-state index in [9.17, 15) is 19.5 Å². The van der Waals surface area contributed by atoms with Gasteiger partial charge in [-0.15, -0.1) is 0 Å². The first-order chi connectivity index (χ1) is 20.9. The highest BCUT2D eigenvalue weighted by atomic mass is 16.5. The van der Waals surface area contributed by atoms with Crippen LogP contribution < -0.4 is 9.47 Å². The molecule has 10 nitrogen and oxygen atoms in total. The minimum Gasteiger partial charge on any atom is -0.497 e. The van der Waals surface area contributed by atoms with Crippen molar-refractivity contribution in [3.63, 3.8) is 0 Å². The van der Waals surface area contributed by atoms with E-state index in [0.717, 1.165) is 69.0 Å². The van der Waals surface area contributed by atoms with Crippen molar-refractivity contribution >= 4 is 28.9 Å². The lowest BCUT2D eigenvalue weighted by molar-refractivity contribution is -0.155. The Bertz CT molecular complexity index is 1360. The number of methoxy groups -OCH3 is 1. The Morgan fingerprint density at radius 1 is 1.00 bits per heavy atom. The maximum absolute atomic E-state index is 14.2. The summed E-state index contributed by atoms with van der Waals surface area (Å²) in [6.45, 7) is 2.05. The summed E-state index contributed by atoms with van der Waals surface area (Å²) in [5.74, 6) is -1.23. The minimum atomic E-state index is -1.06. The van der Waals surface area contributed by atoms with Gasteiger partial charge in [-0.1, -0.05) is 32.6 Å². The Kier molecular flexibility index (Phi) is 8.73. The molecule has 43 heavy (non-hydrogen) atoms. The molecule has 2 bridgehead atoms. The molecule has 1 saturated heterocycles. The second-order valence-corrected chi connectivity index (χ2v) is 12.8. The van der Waals surface area contributed by atoms with Crippen LogP contribution in [0.5, 0.6) is 11.6 Å². The Labute approximate surface area is 252 Å². The van der Waals surface area contributed by atoms with Crippen LogP contribution in [0.1, 0.15) is 83.2 Å². The van der Waals surface area contributed by atoms with Gasteiger partial charge in [0.15, 0.2) is 0 Å². The molecule has 4 aliphatic rings. The van der Waals surface area contributed by atoms with E-state index in [1.807, 2.05) is 25.1 Å². The van der Waals surface area contributed by atoms with Crippen molar-refractivity contribution in [2.24, 2.45) is 23.7 Å². The molecule has 1 amide bonds. The second-order valence-electron chi connectivity index (χ2n) is 12.8. The molecule has 3 heterocycles. The normalized spacial score (nSPS) is 30.5. The third kappa shape index (κ3) is 6.29. The number of aromatic nitrogens is 2. The minimum absolute atomic E-state index is 0.00000568. The molecular formula is C33H43N3O7. The van der Waals surface area contributed by atoms with Gasteiger partial charge in [-0.3, -0.25) is 9.59 Å². The Morgan fingerprint density at radius 3 is 2.51 bits per heavy atom. The second kappa shape index (κ2) is 12.7. The van der Waals surface area contributed by atoms with Gasteiger partial charge >= 0.3 is 11.9 Å². The van der Waals surface area contributed by atoms with E-state index < -0.39 is 30.0 Å². The SMILES string of the molecule is CC[C@@H]1[C@@H]2CN(C(=O)[C@H](C3CCCC3)CC(=O)O[C@@H]3C[C@H]3CCCCCc3nc4ccc(OC)cc4nc3O2)[C@@H]1C(=O)O. The number of fused-ring (bicyclic) bond motifs is 5. The lowest BCUT2D eigenvalue weighted by Gasteiger charge is -2.30. The molecule has 0 spiro atoms. The maximum atomic E-state index is 14.2. The predicted molar refractivity (Wildman–Crippen MR) is 158 cm³/mol. The molecule has 0 radical (unpaired) electrons. The van der Waals surface area contributed by atoms with Crippen LogP contribution in [-0.4, -0.2) is 69.7 Å². The topological polar surface area (TPSA) is 128 Å². The number of aryl methyl sites for hydroxylation is 1. The van der Waals surface area contributed by atoms with Crippen molar-refractivity contribution in [2.45, 2.75) is 102 Å². The Balaban J connectivity index is 1.36. The van der Waals surface area contributed by atoms with Crippen LogP contribution >= 0.6 is 0 Å². The quantitative estimate of drug-likeness (QED) is 0.490. The summed E-state index contributed by atoms with van der Waals surface area (Å²) >= 11 is 0. The number of esters is 1. The summed E-state index contributed by atoms with van der Waals surface area (Å²) in [5, 5.41) is 10.4. The van der Waals surface area contributed by atoms with Crippen molar-refractivity contribution in [3.8, 4) is 11.6 Å². The average Bonchev–Trinajstić information content (AvgIpc) is 3.34. The number of aliphatic carboxylic acids is 1. The molecule has 2 aromatic rings. The number of rotatable bonds is 4. The van der Waals surface area contributed by atoms with E-state index in [0.29, 0.717) is 35.9 Å². The highest BCUT2D eigenvalue weighted by Gasteiger charge is 2.51. The number of benzene rings is 1. The Hall–Kier alpha value is -3.43. The monoisotopic (exact) mass is 593 g/mol. The van der Waals surface area contributed by atoms with E-state index in [-0.39, 0.29) is 36.9 Å². The molecule has 2 saturated carbocycles. The summed E-state index contributed by atoms with van der Waals surface area (Å²) in [7, 11) is 1.60. The van der Waals surface area contributed by atoms with Crippen LogP contribution in [0.2, 0.25) is 0 Å². The van der Waals surface area contributed by atoms with Crippen molar-refractivity contribution < 1.29 is 33.7 Å². The summed E-state index contributed by atoms with van der Waals surface area (Å²) in [6.07, 6.45) is 9.09. The van der Waals surface area contributed by atoms with E-state index in [1.54, 1.807) is 7.11 Å². The highest BCUT2D eigenvalue weighted by molar-refractivity contribution is 5.89. The van der Waals surface area contributed by atoms with Crippen molar-refractivity contribution in [1.29, 1.82) is 0 Å². The van der Waals surface area contributed by atoms with Gasteiger partial charge < -0.3 is 24.2 Å². The molecule has 6 atom stereocenters. The van der Waals surface area contributed by atoms with Crippen molar-refractivity contribution in [1.82, 2.24) is 14.9 Å². The van der Waals surface area contributed by atoms with Gasteiger partial charge in [0.2, 0.25) is 11.8 Å². The highest BCUT2D eigenvalue weighted by Crippen LogP contribution is 2.41. The molecule has 2 aliphatic carbocycles. The molecule has 2 aliphatic heterocycles. The Morgan fingerprint density at radius 2 is 1.77 bits per heavy atom. The van der Waals surface area contributed by atoms with Crippen LogP contribution in [0.15, 0.2) is 18.2 Å². The third-order valence-electron chi connectivity index (χ3n) is 10.1. The molecular weight excluding hydrogens is 550 g/mol. The number of carboxylic acid groups (broad SMARTS) is 1. The van der Waals surface area contributed by atoms with Gasteiger partial charge in [-0.2, -0.15) is 0 Å². The number of carboxylic acids is 1. The van der Waals surface area contributed by atoms with E-state index in [1.165, 1.54) is 4.90 Å². The average molecular weight is 594 g/mol. The van der Waals surface area contributed by atoms with E-state index in [4.69, 9.17) is 24.2 Å². The number of hydrogen-bond donors (Lipinski definition) is 1. The largest absolute Gasteiger partial charge is 0.497 e. The lowest BCUT2D eigenvalue weighted by Crippen LogP contribution is -2.47. The van der Waals surface area contributed by atoms with E-state index >= 15 is 0 Å². The zero-order chi connectivity index (χ0) is 30.1. The van der Waals surface area contributed by atoms with Gasteiger partial charge in [0.1, 0.15) is 29.7 Å². The van der Waals surface area contributed by atoms with Crippen LogP contribution in [-0.2, 0) is 25.5 Å². The lowest BCUT2D eigenvalue weighted by atomic mass is 9.86. The molecule has 232 valence electrons. The third-order valence-corrected chi connectivity index (χ3v) is 10.1. The van der Waals surface area contributed by atoms with Gasteiger partial charge in [0.25, 0.3) is 0 Å². The van der Waals surface area contributed by atoms with Gasteiger partial charge in [0.05, 0.1) is 37.0 Å². The summed E-state index contributed by atoms with van der Waals surface area (Å²) in [5.41, 5.74) is 2.12. The molecule has 0 unspecified atom stereocenters. The van der Waals surface area contributed by atoms with Crippen molar-refractivity contribution in [2.75, 3.05) is 13.7 Å². The van der Waals surface area contributed by atoms with Gasteiger partial charge in [-0.25, -0.2) is 14.8 Å². The zero-order valence-corrected chi connectivity index (χ0v) is 25.2. The molecule has 3 fully saturated rings. The number of hydrogen-bond acceptors (Lipinski definition) is 8. The van der Waals surface area contributed by atoms with Crippen LogP contribution in [0.25, 0.3) is 11.0 Å². The molecule has 1 N–H and O–H groups in total. The van der Waals surface area contributed by atoms with Crippen LogP contribution in [0.4, 0.5) is 0 Å². The van der Waals surface area contributed by atoms with E-state index in [2.05, 4.69) is 0 Å². The molecule has 1 aromatic carbocycles. The number of carbonyl (C=O) groups is 3. The number of ether oxygens (including phenoxy) is 3.